The van der Waals surface area contributed by atoms with Gasteiger partial charge in [-0.05, 0) is 27.3 Å². The van der Waals surface area contributed by atoms with Crippen LogP contribution in [-0.2, 0) is 35.4 Å². The molecule has 0 saturated heterocycles. The molecule has 0 heterocycles. The van der Waals surface area contributed by atoms with E-state index in [1.54, 1.807) is 14.2 Å². The van der Waals surface area contributed by atoms with E-state index in [0.717, 1.165) is 0 Å². The van der Waals surface area contributed by atoms with Gasteiger partial charge in [-0.25, -0.2) is 0 Å². The van der Waals surface area contributed by atoms with E-state index in [1.807, 2.05) is 27.3 Å². The van der Waals surface area contributed by atoms with Gasteiger partial charge in [0, 0.05) is 55.4 Å². The molecule has 13 heteroatoms. The lowest BCUT2D eigenvalue weighted by atomic mass is 10.9. The Labute approximate surface area is 179 Å². The van der Waals surface area contributed by atoms with Crippen molar-refractivity contribution < 1.29 is 35.4 Å². The second-order valence-electron chi connectivity index (χ2n) is 4.58. The van der Waals surface area contributed by atoms with Crippen molar-refractivity contribution in [2.75, 3.05) is 66.4 Å². The van der Waals surface area contributed by atoms with E-state index in [2.05, 4.69) is 0 Å². The van der Waals surface area contributed by atoms with Crippen molar-refractivity contribution in [3.63, 3.8) is 0 Å². The topological polar surface area (TPSA) is 73.8 Å². The van der Waals surface area contributed by atoms with Crippen molar-refractivity contribution in [3.8, 4) is 0 Å². The molecule has 0 radical (unpaired) electrons. The lowest BCUT2D eigenvalue weighted by Gasteiger charge is -2.25. The smallest absolute Gasteiger partial charge is 0.400 e. The highest BCUT2D eigenvalue weighted by molar-refractivity contribution is 6.69. The molecular weight excluding hydrogens is 451 g/mol. The molecule has 0 aromatic carbocycles. The molecule has 0 rings (SSSR count). The number of hydrogen-bond acceptors (Lipinski definition) is 8. The lowest BCUT2D eigenvalue weighted by molar-refractivity contribution is 0.0769. The van der Waals surface area contributed by atoms with E-state index in [0.29, 0.717) is 25.3 Å². The molecule has 27 heavy (non-hydrogen) atoms. The zero-order valence-electron chi connectivity index (χ0n) is 18.1. The maximum absolute atomic E-state index is 5.75. The maximum atomic E-state index is 5.75. The second kappa shape index (κ2) is 21.6. The van der Waals surface area contributed by atoms with Crippen LogP contribution in [0.1, 0.15) is 20.8 Å². The summed E-state index contributed by atoms with van der Waals surface area (Å²) in [6.07, 6.45) is 0. The van der Waals surface area contributed by atoms with Gasteiger partial charge in [-0.3, -0.25) is 0 Å². The van der Waals surface area contributed by atoms with Crippen LogP contribution in [0.4, 0.5) is 0 Å². The Morgan fingerprint density at radius 1 is 0.630 bits per heavy atom. The fourth-order valence-electron chi connectivity index (χ4n) is 1.41. The molecule has 0 fully saturated rings. The molecular formula is C14H38Cl2O8Si3. The van der Waals surface area contributed by atoms with Crippen LogP contribution in [0.2, 0.25) is 6.55 Å². The highest BCUT2D eigenvalue weighted by Crippen LogP contribution is 2.11. The average Bonchev–Trinajstić information content (AvgIpc) is 2.71. The van der Waals surface area contributed by atoms with Gasteiger partial charge >= 0.3 is 26.9 Å². The third-order valence-electron chi connectivity index (χ3n) is 3.02. The summed E-state index contributed by atoms with van der Waals surface area (Å²) in [7, 11) is 1.83. The first-order chi connectivity index (χ1) is 12.8. The predicted molar refractivity (Wildman–Crippen MR) is 116 cm³/mol. The summed E-state index contributed by atoms with van der Waals surface area (Å²) >= 11 is 11.3. The van der Waals surface area contributed by atoms with Crippen LogP contribution >= 0.6 is 23.2 Å². The van der Waals surface area contributed by atoms with E-state index in [-0.39, 0.29) is 5.50 Å². The first-order valence-corrected chi connectivity index (χ1v) is 15.6. The highest BCUT2D eigenvalue weighted by atomic mass is 35.5. The van der Waals surface area contributed by atoms with Crippen LogP contribution in [-0.4, -0.2) is 93.3 Å². The van der Waals surface area contributed by atoms with Crippen LogP contribution in [0.3, 0.4) is 0 Å². The van der Waals surface area contributed by atoms with E-state index in [4.69, 9.17) is 58.6 Å². The quantitative estimate of drug-likeness (QED) is 0.289. The minimum absolute atomic E-state index is 0.288. The Bertz CT molecular complexity index is 267. The van der Waals surface area contributed by atoms with Gasteiger partial charge in [0.05, 0.1) is 11.0 Å². The van der Waals surface area contributed by atoms with E-state index in [1.165, 1.54) is 21.3 Å². The Morgan fingerprint density at radius 3 is 1.00 bits per heavy atom. The van der Waals surface area contributed by atoms with Gasteiger partial charge in [-0.15, -0.1) is 23.2 Å². The molecule has 0 saturated carbocycles. The van der Waals surface area contributed by atoms with Crippen molar-refractivity contribution in [3.05, 3.63) is 0 Å². The Balaban J connectivity index is -0.000000340. The van der Waals surface area contributed by atoms with Gasteiger partial charge in [-0.2, -0.15) is 0 Å². The average molecular weight is 490 g/mol. The van der Waals surface area contributed by atoms with Crippen LogP contribution in [0.5, 0.6) is 0 Å². The van der Waals surface area contributed by atoms with Gasteiger partial charge < -0.3 is 35.4 Å². The summed E-state index contributed by atoms with van der Waals surface area (Å²) in [6, 6.07) is 0. The van der Waals surface area contributed by atoms with Crippen molar-refractivity contribution in [2.24, 2.45) is 0 Å². The highest BCUT2D eigenvalue weighted by Gasteiger charge is 2.39. The summed E-state index contributed by atoms with van der Waals surface area (Å²) in [5.41, 5.74) is 0.610. The van der Waals surface area contributed by atoms with Gasteiger partial charge in [0.2, 0.25) is 0 Å². The summed E-state index contributed by atoms with van der Waals surface area (Å²) < 4.78 is 40.7. The Kier molecular flexibility index (Phi) is 26.1. The minimum Gasteiger partial charge on any atom is -0.400 e. The first kappa shape index (κ1) is 32.6. The number of halogens is 2. The SMILES string of the molecule is CCO[Si](CCl)(OCC)OCC.CO[SiH](C)OC.CO[Si](CCl)(OC)OC. The fraction of sp³-hybridized carbons (Fsp3) is 1.00. The molecule has 0 spiro atoms. The zero-order chi connectivity index (χ0) is 21.8. The first-order valence-electron chi connectivity index (χ1n) is 8.54. The van der Waals surface area contributed by atoms with Crippen molar-refractivity contribution in [1.29, 1.82) is 0 Å². The standard InChI is InChI=1S/C7H17ClO3Si.C4H11ClO3Si.C3H10O2Si/c1-4-9-12(7-8,10-5-2)11-6-3;1-6-9(4-5,7-2)8-3;1-4-6(3)5-2/h4-7H2,1-3H3;4H2,1-3H3;6H,1-3H3. The van der Waals surface area contributed by atoms with Gasteiger partial charge in [0.25, 0.3) is 0 Å². The molecule has 0 aliphatic rings. The normalized spacial score (nSPS) is 11.6. The molecule has 0 amide bonds. The molecule has 0 aromatic heterocycles. The van der Waals surface area contributed by atoms with Gasteiger partial charge in [0.1, 0.15) is 0 Å². The Hall–Kier alpha value is 0.911. The maximum Gasteiger partial charge on any atom is 0.516 e. The molecule has 0 N–H and O–H groups in total. The van der Waals surface area contributed by atoms with Crippen molar-refractivity contribution in [2.45, 2.75) is 27.3 Å². The zero-order valence-corrected chi connectivity index (χ0v) is 22.8. The minimum atomic E-state index is -2.50. The van der Waals surface area contributed by atoms with Crippen LogP contribution in [0.15, 0.2) is 0 Å². The summed E-state index contributed by atoms with van der Waals surface area (Å²) in [5, 5.41) is 0. The van der Waals surface area contributed by atoms with Crippen LogP contribution in [0.25, 0.3) is 0 Å². The molecule has 0 aliphatic heterocycles. The van der Waals surface area contributed by atoms with Crippen LogP contribution in [0, 0.1) is 0 Å². The van der Waals surface area contributed by atoms with E-state index in [9.17, 15) is 0 Å². The van der Waals surface area contributed by atoms with E-state index >= 15 is 0 Å². The molecule has 0 aromatic rings. The van der Waals surface area contributed by atoms with Crippen molar-refractivity contribution in [1.82, 2.24) is 0 Å². The third kappa shape index (κ3) is 16.4. The monoisotopic (exact) mass is 488 g/mol. The fourth-order valence-corrected chi connectivity index (χ4v) is 5.91. The molecule has 0 aliphatic carbocycles. The molecule has 8 nitrogen and oxygen atoms in total. The summed E-state index contributed by atoms with van der Waals surface area (Å²) in [6.45, 7) is 9.45. The molecule has 0 atom stereocenters. The van der Waals surface area contributed by atoms with Gasteiger partial charge in [0.15, 0.2) is 0 Å². The molecule has 0 unspecified atom stereocenters. The predicted octanol–water partition coefficient (Wildman–Crippen LogP) is 2.58. The largest absolute Gasteiger partial charge is 0.516 e. The summed E-state index contributed by atoms with van der Waals surface area (Å²) in [5.74, 6) is 0. The molecule has 0 bridgehead atoms. The second-order valence-corrected chi connectivity index (χ2v) is 13.6. The summed E-state index contributed by atoms with van der Waals surface area (Å²) in [4.78, 5) is 0. The number of rotatable bonds is 13. The number of alkyl halides is 2. The van der Waals surface area contributed by atoms with Crippen LogP contribution < -0.4 is 0 Å². The lowest BCUT2D eigenvalue weighted by Crippen LogP contribution is -2.48. The third-order valence-corrected chi connectivity index (χ3v) is 11.0. The number of hydrogen-bond donors (Lipinski definition) is 0. The molecule has 168 valence electrons. The Morgan fingerprint density at radius 2 is 0.926 bits per heavy atom. The van der Waals surface area contributed by atoms with Crippen molar-refractivity contribution >= 4 is 50.1 Å². The van der Waals surface area contributed by atoms with Gasteiger partial charge in [-0.1, -0.05) is 0 Å². The van der Waals surface area contributed by atoms with E-state index < -0.39 is 26.9 Å².